The zero-order chi connectivity index (χ0) is 13.3. The molecule has 2 fully saturated rings. The highest BCUT2D eigenvalue weighted by Crippen LogP contribution is 2.26. The third-order valence-corrected chi connectivity index (χ3v) is 3.74. The lowest BCUT2D eigenvalue weighted by atomic mass is 9.99. The average molecular weight is 253 g/mol. The molecule has 2 saturated heterocycles. The highest BCUT2D eigenvalue weighted by molar-refractivity contribution is 6.07. The summed E-state index contributed by atoms with van der Waals surface area (Å²) in [6.07, 6.45) is 2.30. The fourth-order valence-electron chi connectivity index (χ4n) is 2.68. The number of hydrogen-bond donors (Lipinski definition) is 2. The van der Waals surface area contributed by atoms with Gasteiger partial charge in [-0.05, 0) is 12.8 Å². The number of hydrogen-bond acceptors (Lipinski definition) is 3. The van der Waals surface area contributed by atoms with Crippen molar-refractivity contribution in [2.24, 2.45) is 5.92 Å². The van der Waals surface area contributed by atoms with E-state index in [2.05, 4.69) is 10.6 Å². The molecule has 2 N–H and O–H groups in total. The maximum Gasteiger partial charge on any atom is 0.322 e. The fourth-order valence-corrected chi connectivity index (χ4v) is 2.68. The first kappa shape index (κ1) is 12.9. The first-order chi connectivity index (χ1) is 8.48. The fraction of sp³-hybridized carbons (Fsp3) is 0.750. The summed E-state index contributed by atoms with van der Waals surface area (Å²) in [4.78, 5) is 36.8. The van der Waals surface area contributed by atoms with Crippen LogP contribution < -0.4 is 10.6 Å². The highest BCUT2D eigenvalue weighted by atomic mass is 16.2. The highest BCUT2D eigenvalue weighted by Gasteiger charge is 2.51. The van der Waals surface area contributed by atoms with Gasteiger partial charge in [0, 0.05) is 12.5 Å². The number of nitrogens with zero attached hydrogens (tertiary/aromatic N) is 1. The number of imide groups is 1. The molecule has 2 rings (SSSR count). The van der Waals surface area contributed by atoms with Crippen LogP contribution in [-0.4, -0.2) is 41.4 Å². The lowest BCUT2D eigenvalue weighted by Crippen LogP contribution is -2.50. The first-order valence-corrected chi connectivity index (χ1v) is 6.41. The Bertz CT molecular complexity index is 396. The second-order valence-corrected chi connectivity index (χ2v) is 5.19. The predicted octanol–water partition coefficient (Wildman–Crippen LogP) is 0.233. The topological polar surface area (TPSA) is 78.5 Å². The Balaban J connectivity index is 2.02. The number of rotatable bonds is 3. The number of carbonyl (C=O) groups excluding carboxylic acids is 3. The summed E-state index contributed by atoms with van der Waals surface area (Å²) < 4.78 is 0. The van der Waals surface area contributed by atoms with E-state index in [0.717, 1.165) is 12.8 Å². The summed E-state index contributed by atoms with van der Waals surface area (Å²) in [5.74, 6) is -0.265. The van der Waals surface area contributed by atoms with Crippen LogP contribution in [0, 0.1) is 5.92 Å². The largest absolute Gasteiger partial charge is 0.339 e. The number of nitrogens with one attached hydrogen (secondary N) is 2. The zero-order valence-corrected chi connectivity index (χ0v) is 10.8. The van der Waals surface area contributed by atoms with Gasteiger partial charge in [-0.3, -0.25) is 14.9 Å². The summed E-state index contributed by atoms with van der Waals surface area (Å²) in [6.45, 7) is 4.77. The van der Waals surface area contributed by atoms with E-state index >= 15 is 0 Å². The average Bonchev–Trinajstić information content (AvgIpc) is 2.84. The molecule has 0 saturated carbocycles. The first-order valence-electron chi connectivity index (χ1n) is 6.41. The second-order valence-electron chi connectivity index (χ2n) is 5.19. The third-order valence-electron chi connectivity index (χ3n) is 3.74. The third kappa shape index (κ3) is 2.07. The van der Waals surface area contributed by atoms with Gasteiger partial charge < -0.3 is 10.2 Å². The lowest BCUT2D eigenvalue weighted by Gasteiger charge is -2.23. The van der Waals surface area contributed by atoms with Crippen LogP contribution in [0.4, 0.5) is 4.79 Å². The molecular weight excluding hydrogens is 234 g/mol. The van der Waals surface area contributed by atoms with Crippen molar-refractivity contribution in [1.29, 1.82) is 0 Å². The number of amides is 4. The molecule has 0 aromatic carbocycles. The van der Waals surface area contributed by atoms with Crippen LogP contribution in [0.25, 0.3) is 0 Å². The van der Waals surface area contributed by atoms with Crippen molar-refractivity contribution >= 4 is 17.8 Å². The minimum absolute atomic E-state index is 0.0229. The Kier molecular flexibility index (Phi) is 3.28. The maximum atomic E-state index is 12.1. The van der Waals surface area contributed by atoms with Crippen LogP contribution >= 0.6 is 0 Å². The van der Waals surface area contributed by atoms with Gasteiger partial charge >= 0.3 is 6.03 Å². The molecule has 4 amide bonds. The van der Waals surface area contributed by atoms with Gasteiger partial charge in [0.15, 0.2) is 0 Å². The summed E-state index contributed by atoms with van der Waals surface area (Å²) in [6, 6.07) is -0.462. The molecule has 6 nitrogen and oxygen atoms in total. The van der Waals surface area contributed by atoms with Crippen molar-refractivity contribution in [3.05, 3.63) is 0 Å². The molecule has 1 spiro atoms. The lowest BCUT2D eigenvalue weighted by molar-refractivity contribution is -0.134. The van der Waals surface area contributed by atoms with Crippen LogP contribution in [0.3, 0.4) is 0 Å². The Labute approximate surface area is 106 Å². The van der Waals surface area contributed by atoms with Crippen molar-refractivity contribution in [3.63, 3.8) is 0 Å². The van der Waals surface area contributed by atoms with Gasteiger partial charge in [-0.1, -0.05) is 20.3 Å². The molecule has 0 aromatic rings. The molecule has 0 radical (unpaired) electrons. The van der Waals surface area contributed by atoms with E-state index in [4.69, 9.17) is 0 Å². The summed E-state index contributed by atoms with van der Waals surface area (Å²) in [7, 11) is 0. The van der Waals surface area contributed by atoms with E-state index in [0.29, 0.717) is 13.0 Å². The van der Waals surface area contributed by atoms with E-state index in [-0.39, 0.29) is 24.3 Å². The van der Waals surface area contributed by atoms with Crippen molar-refractivity contribution in [1.82, 2.24) is 15.5 Å². The molecule has 6 heteroatoms. The Morgan fingerprint density at radius 1 is 1.50 bits per heavy atom. The van der Waals surface area contributed by atoms with Crippen molar-refractivity contribution in [2.75, 3.05) is 13.1 Å². The molecule has 2 unspecified atom stereocenters. The molecule has 0 bridgehead atoms. The standard InChI is InChI=1S/C12H19N3O3/c1-3-4-8(2)9(16)15-6-5-12(7-15)10(17)13-11(18)14-12/h8H,3-7H2,1-2H3,(H2,13,14,17,18). The van der Waals surface area contributed by atoms with E-state index in [1.165, 1.54) is 0 Å². The van der Waals surface area contributed by atoms with E-state index < -0.39 is 11.6 Å². The number of urea groups is 1. The van der Waals surface area contributed by atoms with E-state index in [9.17, 15) is 14.4 Å². The van der Waals surface area contributed by atoms with Crippen molar-refractivity contribution in [2.45, 2.75) is 38.6 Å². The molecule has 2 atom stereocenters. The minimum Gasteiger partial charge on any atom is -0.339 e. The van der Waals surface area contributed by atoms with Crippen LogP contribution in [0.1, 0.15) is 33.1 Å². The minimum atomic E-state index is -0.890. The summed E-state index contributed by atoms with van der Waals surface area (Å²) in [5, 5.41) is 4.88. The molecule has 18 heavy (non-hydrogen) atoms. The molecule has 2 heterocycles. The monoisotopic (exact) mass is 253 g/mol. The van der Waals surface area contributed by atoms with Crippen LogP contribution in [-0.2, 0) is 9.59 Å². The van der Waals surface area contributed by atoms with E-state index in [1.54, 1.807) is 4.90 Å². The molecule has 100 valence electrons. The van der Waals surface area contributed by atoms with Gasteiger partial charge in [-0.25, -0.2) is 4.79 Å². The Morgan fingerprint density at radius 2 is 2.22 bits per heavy atom. The predicted molar refractivity (Wildman–Crippen MR) is 64.7 cm³/mol. The normalized spacial score (nSPS) is 28.4. The smallest absolute Gasteiger partial charge is 0.322 e. The van der Waals surface area contributed by atoms with Gasteiger partial charge in [0.25, 0.3) is 5.91 Å². The van der Waals surface area contributed by atoms with Crippen molar-refractivity contribution < 1.29 is 14.4 Å². The van der Waals surface area contributed by atoms with Gasteiger partial charge in [-0.2, -0.15) is 0 Å². The van der Waals surface area contributed by atoms with E-state index in [1.807, 2.05) is 13.8 Å². The zero-order valence-electron chi connectivity index (χ0n) is 10.8. The Hall–Kier alpha value is -1.59. The second kappa shape index (κ2) is 4.59. The molecular formula is C12H19N3O3. The van der Waals surface area contributed by atoms with Crippen LogP contribution in [0.15, 0.2) is 0 Å². The van der Waals surface area contributed by atoms with Crippen LogP contribution in [0.5, 0.6) is 0 Å². The van der Waals surface area contributed by atoms with Crippen molar-refractivity contribution in [3.8, 4) is 0 Å². The number of carbonyl (C=O) groups is 3. The molecule has 2 aliphatic rings. The maximum absolute atomic E-state index is 12.1. The summed E-state index contributed by atoms with van der Waals surface area (Å²) in [5.41, 5.74) is -0.890. The Morgan fingerprint density at radius 3 is 2.78 bits per heavy atom. The van der Waals surface area contributed by atoms with Gasteiger partial charge in [0.05, 0.1) is 6.54 Å². The van der Waals surface area contributed by atoms with Crippen LogP contribution in [0.2, 0.25) is 0 Å². The summed E-state index contributed by atoms with van der Waals surface area (Å²) >= 11 is 0. The number of likely N-dealkylation sites (tertiary alicyclic amines) is 1. The van der Waals surface area contributed by atoms with Gasteiger partial charge in [0.2, 0.25) is 5.91 Å². The molecule has 2 aliphatic heterocycles. The molecule has 0 aliphatic carbocycles. The SMILES string of the molecule is CCCC(C)C(=O)N1CCC2(C1)NC(=O)NC2=O. The van der Waals surface area contributed by atoms with Gasteiger partial charge in [-0.15, -0.1) is 0 Å². The quantitative estimate of drug-likeness (QED) is 0.707. The van der Waals surface area contributed by atoms with Gasteiger partial charge in [0.1, 0.15) is 5.54 Å². The molecule has 0 aromatic heterocycles.